The van der Waals surface area contributed by atoms with Gasteiger partial charge >= 0.3 is 23.9 Å². The van der Waals surface area contributed by atoms with Crippen molar-refractivity contribution < 1.29 is 28.7 Å². The topological polar surface area (TPSA) is 86.7 Å². The van der Waals surface area contributed by atoms with E-state index in [4.69, 9.17) is 0 Å². The summed E-state index contributed by atoms with van der Waals surface area (Å²) < 4.78 is 8.88. The molecule has 0 amide bonds. The Bertz CT molecular complexity index is 752. The Labute approximate surface area is 138 Å². The Balaban J connectivity index is 2.01. The van der Waals surface area contributed by atoms with E-state index >= 15 is 0 Å². The van der Waals surface area contributed by atoms with E-state index in [-0.39, 0.29) is 11.1 Å². The molecule has 0 atom stereocenters. The van der Waals surface area contributed by atoms with Crippen LogP contribution in [0.3, 0.4) is 0 Å². The first-order valence-corrected chi connectivity index (χ1v) is 7.04. The standard InChI is InChI=1S/C18H14O6/c1-11-7-3-5-9-13(11)15(19)23-17(21)18(22)24-16(20)14-10-6-4-8-12(14)2/h3-10H,1-2H3. The molecule has 0 aliphatic carbocycles. The van der Waals surface area contributed by atoms with E-state index in [1.54, 1.807) is 50.2 Å². The van der Waals surface area contributed by atoms with Crippen molar-refractivity contribution in [3.63, 3.8) is 0 Å². The average Bonchev–Trinajstić information content (AvgIpc) is 2.55. The number of carbonyl (C=O) groups is 4. The Hall–Kier alpha value is -3.28. The molecule has 6 nitrogen and oxygen atoms in total. The Morgan fingerprint density at radius 3 is 1.29 bits per heavy atom. The van der Waals surface area contributed by atoms with Crippen LogP contribution in [0.25, 0.3) is 0 Å². The van der Waals surface area contributed by atoms with Crippen LogP contribution in [0.4, 0.5) is 0 Å². The van der Waals surface area contributed by atoms with E-state index < -0.39 is 23.9 Å². The molecule has 2 aromatic rings. The van der Waals surface area contributed by atoms with Crippen LogP contribution in [0.2, 0.25) is 0 Å². The van der Waals surface area contributed by atoms with Crippen molar-refractivity contribution in [2.45, 2.75) is 13.8 Å². The van der Waals surface area contributed by atoms with Gasteiger partial charge in [0.1, 0.15) is 0 Å². The summed E-state index contributed by atoms with van der Waals surface area (Å²) in [5.41, 5.74) is 1.45. The number of ether oxygens (including phenoxy) is 2. The Morgan fingerprint density at radius 1 is 0.625 bits per heavy atom. The van der Waals surface area contributed by atoms with Gasteiger partial charge in [0, 0.05) is 0 Å². The minimum Gasteiger partial charge on any atom is -0.381 e. The van der Waals surface area contributed by atoms with E-state index in [0.29, 0.717) is 11.1 Å². The van der Waals surface area contributed by atoms with E-state index in [1.165, 1.54) is 12.1 Å². The molecule has 24 heavy (non-hydrogen) atoms. The van der Waals surface area contributed by atoms with Crippen molar-refractivity contribution in [2.24, 2.45) is 0 Å². The molecule has 122 valence electrons. The molecule has 0 saturated carbocycles. The second-order valence-electron chi connectivity index (χ2n) is 4.98. The van der Waals surface area contributed by atoms with Crippen LogP contribution in [-0.2, 0) is 19.1 Å². The fourth-order valence-corrected chi connectivity index (χ4v) is 1.97. The SMILES string of the molecule is Cc1ccccc1C(=O)OC(=O)C(=O)OC(=O)c1ccccc1C. The molecular formula is C18H14O6. The minimum absolute atomic E-state index is 0.142. The van der Waals surface area contributed by atoms with Crippen LogP contribution in [-0.4, -0.2) is 23.9 Å². The quantitative estimate of drug-likeness (QED) is 0.478. The lowest BCUT2D eigenvalue weighted by atomic mass is 10.1. The molecule has 6 heteroatoms. The Morgan fingerprint density at radius 2 is 0.958 bits per heavy atom. The summed E-state index contributed by atoms with van der Waals surface area (Å²) in [5, 5.41) is 0. The van der Waals surface area contributed by atoms with E-state index in [0.717, 1.165) is 0 Å². The predicted octanol–water partition coefficient (Wildman–Crippen LogP) is 2.37. The lowest BCUT2D eigenvalue weighted by Crippen LogP contribution is -2.26. The summed E-state index contributed by atoms with van der Waals surface area (Å²) in [6.45, 7) is 3.31. The third kappa shape index (κ3) is 3.92. The number of benzene rings is 2. The number of aryl methyl sites for hydroxylation is 2. The zero-order valence-corrected chi connectivity index (χ0v) is 13.1. The lowest BCUT2D eigenvalue weighted by molar-refractivity contribution is -0.160. The van der Waals surface area contributed by atoms with Gasteiger partial charge < -0.3 is 9.47 Å². The van der Waals surface area contributed by atoms with Gasteiger partial charge in [-0.15, -0.1) is 0 Å². The van der Waals surface area contributed by atoms with Crippen molar-refractivity contribution >= 4 is 23.9 Å². The summed E-state index contributed by atoms with van der Waals surface area (Å²) in [6.07, 6.45) is 0. The molecule has 0 bridgehead atoms. The monoisotopic (exact) mass is 326 g/mol. The van der Waals surface area contributed by atoms with Crippen molar-refractivity contribution in [3.05, 3.63) is 70.8 Å². The first-order valence-electron chi connectivity index (χ1n) is 7.04. The van der Waals surface area contributed by atoms with Gasteiger partial charge in [0.2, 0.25) is 0 Å². The molecule has 0 saturated heterocycles. The van der Waals surface area contributed by atoms with Crippen LogP contribution >= 0.6 is 0 Å². The van der Waals surface area contributed by atoms with Gasteiger partial charge in [0.25, 0.3) is 0 Å². The second kappa shape index (κ2) is 7.32. The molecule has 0 unspecified atom stereocenters. The molecule has 2 aromatic carbocycles. The first-order chi connectivity index (χ1) is 11.4. The van der Waals surface area contributed by atoms with Crippen LogP contribution in [0, 0.1) is 13.8 Å². The Kier molecular flexibility index (Phi) is 5.21. The molecule has 0 aromatic heterocycles. The average molecular weight is 326 g/mol. The molecule has 0 radical (unpaired) electrons. The molecule has 0 spiro atoms. The van der Waals surface area contributed by atoms with Gasteiger partial charge in [-0.1, -0.05) is 36.4 Å². The minimum atomic E-state index is -1.55. The zero-order chi connectivity index (χ0) is 17.7. The highest BCUT2D eigenvalue weighted by atomic mass is 16.6. The number of carbonyl (C=O) groups excluding carboxylic acids is 4. The predicted molar refractivity (Wildman–Crippen MR) is 83.2 cm³/mol. The second-order valence-corrected chi connectivity index (χ2v) is 4.98. The molecule has 0 aliphatic heterocycles. The smallest absolute Gasteiger partial charge is 0.381 e. The van der Waals surface area contributed by atoms with Crippen LogP contribution in [0.5, 0.6) is 0 Å². The van der Waals surface area contributed by atoms with E-state index in [2.05, 4.69) is 9.47 Å². The van der Waals surface area contributed by atoms with Gasteiger partial charge in [-0.05, 0) is 37.1 Å². The molecule has 0 N–H and O–H groups in total. The van der Waals surface area contributed by atoms with Crippen LogP contribution in [0.1, 0.15) is 31.8 Å². The van der Waals surface area contributed by atoms with Crippen LogP contribution in [0.15, 0.2) is 48.5 Å². The lowest BCUT2D eigenvalue weighted by Gasteiger charge is -2.06. The normalized spacial score (nSPS) is 9.92. The highest BCUT2D eigenvalue weighted by molar-refractivity contribution is 6.34. The van der Waals surface area contributed by atoms with E-state index in [1.807, 2.05) is 0 Å². The van der Waals surface area contributed by atoms with Crippen LogP contribution < -0.4 is 0 Å². The molecule has 0 aliphatic rings. The maximum atomic E-state index is 11.9. The number of rotatable bonds is 2. The highest BCUT2D eigenvalue weighted by Crippen LogP contribution is 2.10. The highest BCUT2D eigenvalue weighted by Gasteiger charge is 2.26. The largest absolute Gasteiger partial charge is 0.425 e. The number of hydrogen-bond donors (Lipinski definition) is 0. The number of esters is 4. The molecule has 2 rings (SSSR count). The maximum Gasteiger partial charge on any atom is 0.425 e. The summed E-state index contributed by atoms with van der Waals surface area (Å²) in [4.78, 5) is 46.9. The first kappa shape index (κ1) is 17.1. The molecule has 0 fully saturated rings. The van der Waals surface area contributed by atoms with Gasteiger partial charge in [-0.2, -0.15) is 0 Å². The van der Waals surface area contributed by atoms with Crippen molar-refractivity contribution in [1.82, 2.24) is 0 Å². The summed E-state index contributed by atoms with van der Waals surface area (Å²) >= 11 is 0. The molecular weight excluding hydrogens is 312 g/mol. The maximum absolute atomic E-state index is 11.9. The summed E-state index contributed by atoms with van der Waals surface area (Å²) in [5.74, 6) is -5.08. The third-order valence-corrected chi connectivity index (χ3v) is 3.27. The van der Waals surface area contributed by atoms with Crippen molar-refractivity contribution in [3.8, 4) is 0 Å². The fourth-order valence-electron chi connectivity index (χ4n) is 1.97. The number of hydrogen-bond acceptors (Lipinski definition) is 6. The molecule has 0 heterocycles. The van der Waals surface area contributed by atoms with E-state index in [9.17, 15) is 19.2 Å². The van der Waals surface area contributed by atoms with Gasteiger partial charge in [-0.3, -0.25) is 0 Å². The van der Waals surface area contributed by atoms with Gasteiger partial charge in [0.15, 0.2) is 0 Å². The van der Waals surface area contributed by atoms with Gasteiger partial charge in [0.05, 0.1) is 11.1 Å². The summed E-state index contributed by atoms with van der Waals surface area (Å²) in [7, 11) is 0. The zero-order valence-electron chi connectivity index (χ0n) is 13.1. The third-order valence-electron chi connectivity index (χ3n) is 3.27. The summed E-state index contributed by atoms with van der Waals surface area (Å²) in [6, 6.07) is 12.8. The van der Waals surface area contributed by atoms with Crippen molar-refractivity contribution in [2.75, 3.05) is 0 Å². The fraction of sp³-hybridized carbons (Fsp3) is 0.111. The van der Waals surface area contributed by atoms with Gasteiger partial charge in [-0.25, -0.2) is 19.2 Å². The van der Waals surface area contributed by atoms with Crippen molar-refractivity contribution in [1.29, 1.82) is 0 Å².